The van der Waals surface area contributed by atoms with Gasteiger partial charge in [-0.1, -0.05) is 12.1 Å². The molecule has 3 aromatic rings. The summed E-state index contributed by atoms with van der Waals surface area (Å²) < 4.78 is 1.67. The summed E-state index contributed by atoms with van der Waals surface area (Å²) in [6.45, 7) is 1.31. The summed E-state index contributed by atoms with van der Waals surface area (Å²) in [5.41, 5.74) is 7.16. The minimum atomic E-state index is -0.126. The number of nitrogens with one attached hydrogen (secondary N) is 1. The number of aromatic hydroxyl groups is 1. The van der Waals surface area contributed by atoms with Crippen LogP contribution in [0.1, 0.15) is 12.8 Å². The number of phenols is 1. The third-order valence-corrected chi connectivity index (χ3v) is 4.92. The van der Waals surface area contributed by atoms with Gasteiger partial charge in [-0.3, -0.25) is 9.48 Å². The quantitative estimate of drug-likeness (QED) is 0.600. The maximum absolute atomic E-state index is 12.5. The molecule has 9 heteroatoms. The molecule has 140 valence electrons. The van der Waals surface area contributed by atoms with E-state index in [2.05, 4.69) is 20.4 Å². The van der Waals surface area contributed by atoms with Crippen LogP contribution in [-0.4, -0.2) is 43.9 Å². The molecule has 0 spiro atoms. The minimum Gasteiger partial charge on any atom is -0.506 e. The van der Waals surface area contributed by atoms with E-state index in [0.29, 0.717) is 49.0 Å². The molecule has 1 amide bonds. The third-order valence-electron chi connectivity index (χ3n) is 4.92. The highest BCUT2D eigenvalue weighted by Crippen LogP contribution is 2.27. The molecule has 0 bridgehead atoms. The fourth-order valence-electron chi connectivity index (χ4n) is 3.33. The normalized spacial score (nSPS) is 15.2. The molecule has 1 aromatic carbocycles. The van der Waals surface area contributed by atoms with Gasteiger partial charge < -0.3 is 21.1 Å². The molecule has 27 heavy (non-hydrogen) atoms. The van der Waals surface area contributed by atoms with E-state index in [0.717, 1.165) is 5.39 Å². The Balaban J connectivity index is 1.44. The number of phenolic OH excluding ortho intramolecular Hbond substituents is 1. The van der Waals surface area contributed by atoms with E-state index in [4.69, 9.17) is 5.73 Å². The van der Waals surface area contributed by atoms with Crippen molar-refractivity contribution in [2.24, 2.45) is 13.0 Å². The lowest BCUT2D eigenvalue weighted by Gasteiger charge is -2.31. The lowest BCUT2D eigenvalue weighted by molar-refractivity contribution is -0.120. The van der Waals surface area contributed by atoms with E-state index in [1.54, 1.807) is 35.1 Å². The van der Waals surface area contributed by atoms with Crippen molar-refractivity contribution in [3.05, 3.63) is 30.5 Å². The second-order valence-electron chi connectivity index (χ2n) is 6.68. The van der Waals surface area contributed by atoms with Crippen molar-refractivity contribution < 1.29 is 9.90 Å². The molecule has 2 aromatic heterocycles. The summed E-state index contributed by atoms with van der Waals surface area (Å²) in [7, 11) is 1.81. The molecular weight excluding hydrogens is 346 g/mol. The van der Waals surface area contributed by atoms with Gasteiger partial charge in [-0.25, -0.2) is 0 Å². The van der Waals surface area contributed by atoms with Crippen molar-refractivity contribution in [2.75, 3.05) is 29.0 Å². The van der Waals surface area contributed by atoms with Gasteiger partial charge in [0.2, 0.25) is 11.9 Å². The summed E-state index contributed by atoms with van der Waals surface area (Å²) in [6, 6.07) is 6.72. The summed E-state index contributed by atoms with van der Waals surface area (Å²) in [5, 5.41) is 17.5. The highest BCUT2D eigenvalue weighted by atomic mass is 16.3. The van der Waals surface area contributed by atoms with E-state index in [9.17, 15) is 9.90 Å². The third kappa shape index (κ3) is 3.23. The lowest BCUT2D eigenvalue weighted by atomic mass is 9.96. The molecular formula is C18H21N7O2. The molecule has 1 aliphatic heterocycles. The van der Waals surface area contributed by atoms with Gasteiger partial charge in [0, 0.05) is 26.1 Å². The number of para-hydroxylation sites is 2. The van der Waals surface area contributed by atoms with Crippen LogP contribution in [0, 0.1) is 5.92 Å². The highest BCUT2D eigenvalue weighted by molar-refractivity contribution is 5.94. The Morgan fingerprint density at radius 2 is 2.00 bits per heavy atom. The number of aromatic nitrogens is 4. The van der Waals surface area contributed by atoms with E-state index in [-0.39, 0.29) is 17.6 Å². The summed E-state index contributed by atoms with van der Waals surface area (Å²) in [6.07, 6.45) is 3.00. The zero-order valence-corrected chi connectivity index (χ0v) is 15.0. The van der Waals surface area contributed by atoms with Gasteiger partial charge in [0.05, 0.1) is 17.3 Å². The first-order chi connectivity index (χ1) is 13.0. The number of rotatable bonds is 3. The maximum Gasteiger partial charge on any atom is 0.229 e. The number of piperidine rings is 1. The number of nitrogen functional groups attached to an aromatic ring is 1. The summed E-state index contributed by atoms with van der Waals surface area (Å²) in [4.78, 5) is 23.5. The second kappa shape index (κ2) is 6.75. The largest absolute Gasteiger partial charge is 0.506 e. The fraction of sp³-hybridized carbons (Fsp3) is 0.333. The number of benzene rings is 1. The van der Waals surface area contributed by atoms with E-state index in [1.807, 2.05) is 11.9 Å². The molecule has 0 saturated carbocycles. The predicted molar refractivity (Wildman–Crippen MR) is 102 cm³/mol. The Hall–Kier alpha value is -3.36. The van der Waals surface area contributed by atoms with Crippen molar-refractivity contribution >= 4 is 34.4 Å². The van der Waals surface area contributed by atoms with Crippen LogP contribution in [0.2, 0.25) is 0 Å². The second-order valence-corrected chi connectivity index (χ2v) is 6.68. The number of nitrogens with zero attached hydrogens (tertiary/aromatic N) is 5. The molecule has 0 aliphatic carbocycles. The van der Waals surface area contributed by atoms with Crippen LogP contribution in [0.3, 0.4) is 0 Å². The van der Waals surface area contributed by atoms with Crippen molar-refractivity contribution in [3.63, 3.8) is 0 Å². The zero-order chi connectivity index (χ0) is 19.0. The van der Waals surface area contributed by atoms with Crippen LogP contribution in [0.25, 0.3) is 11.0 Å². The molecule has 9 nitrogen and oxygen atoms in total. The summed E-state index contributed by atoms with van der Waals surface area (Å²) in [5.74, 6) is 0.819. The van der Waals surface area contributed by atoms with E-state index < -0.39 is 0 Å². The molecule has 0 atom stereocenters. The first-order valence-electron chi connectivity index (χ1n) is 8.82. The number of fused-ring (bicyclic) bond motifs is 1. The first-order valence-corrected chi connectivity index (χ1v) is 8.82. The number of carbonyl (C=O) groups is 1. The average molecular weight is 367 g/mol. The number of carbonyl (C=O) groups excluding carboxylic acids is 1. The smallest absolute Gasteiger partial charge is 0.229 e. The van der Waals surface area contributed by atoms with Gasteiger partial charge in [-0.05, 0) is 25.0 Å². The van der Waals surface area contributed by atoms with E-state index in [1.165, 1.54) is 0 Å². The van der Waals surface area contributed by atoms with Gasteiger partial charge in [0.1, 0.15) is 11.6 Å². The molecule has 0 radical (unpaired) electrons. The van der Waals surface area contributed by atoms with E-state index >= 15 is 0 Å². The Morgan fingerprint density at radius 1 is 1.26 bits per heavy atom. The topological polar surface area (TPSA) is 122 Å². The van der Waals surface area contributed by atoms with Gasteiger partial charge in [-0.2, -0.15) is 15.1 Å². The zero-order valence-electron chi connectivity index (χ0n) is 15.0. The number of amides is 1. The van der Waals surface area contributed by atoms with Gasteiger partial charge >= 0.3 is 0 Å². The summed E-state index contributed by atoms with van der Waals surface area (Å²) >= 11 is 0. The Morgan fingerprint density at radius 3 is 2.74 bits per heavy atom. The number of nitrogens with two attached hydrogens (primary N) is 1. The number of hydrogen-bond donors (Lipinski definition) is 3. The van der Waals surface area contributed by atoms with Crippen LogP contribution in [-0.2, 0) is 11.8 Å². The minimum absolute atomic E-state index is 0.0663. The number of aryl methyl sites for hydroxylation is 1. The van der Waals surface area contributed by atoms with Crippen molar-refractivity contribution in [1.29, 1.82) is 0 Å². The number of anilines is 3. The highest BCUT2D eigenvalue weighted by Gasteiger charge is 2.27. The lowest BCUT2D eigenvalue weighted by Crippen LogP contribution is -2.39. The first kappa shape index (κ1) is 17.1. The molecule has 3 heterocycles. The van der Waals surface area contributed by atoms with Crippen molar-refractivity contribution in [3.8, 4) is 5.75 Å². The van der Waals surface area contributed by atoms with Crippen LogP contribution in [0.4, 0.5) is 17.5 Å². The van der Waals surface area contributed by atoms with Crippen LogP contribution >= 0.6 is 0 Å². The molecule has 4 N–H and O–H groups in total. The van der Waals surface area contributed by atoms with Crippen LogP contribution in [0.15, 0.2) is 30.5 Å². The molecule has 1 fully saturated rings. The van der Waals surface area contributed by atoms with Gasteiger partial charge in [-0.15, -0.1) is 0 Å². The van der Waals surface area contributed by atoms with Crippen molar-refractivity contribution in [1.82, 2.24) is 19.7 Å². The monoisotopic (exact) mass is 367 g/mol. The fourth-order valence-corrected chi connectivity index (χ4v) is 3.33. The maximum atomic E-state index is 12.5. The Labute approximate surface area is 155 Å². The SMILES string of the molecule is Cn1ncc2c(N)nc(N3CCC(C(=O)Nc4ccccc4O)CC3)nc21. The van der Waals surface area contributed by atoms with Gasteiger partial charge in [0.15, 0.2) is 5.65 Å². The molecule has 4 rings (SSSR count). The van der Waals surface area contributed by atoms with Gasteiger partial charge in [0.25, 0.3) is 0 Å². The Bertz CT molecular complexity index is 993. The van der Waals surface area contributed by atoms with Crippen LogP contribution < -0.4 is 16.0 Å². The molecule has 0 unspecified atom stereocenters. The molecule has 1 aliphatic rings. The average Bonchev–Trinajstić information content (AvgIpc) is 3.05. The Kier molecular flexibility index (Phi) is 4.27. The molecule has 1 saturated heterocycles. The standard InChI is InChI=1S/C18H21N7O2/c1-24-16-12(10-20-24)15(19)22-18(23-16)25-8-6-11(7-9-25)17(27)21-13-4-2-3-5-14(13)26/h2-5,10-11,26H,6-9H2,1H3,(H,21,27)(H2,19,22,23). The van der Waals surface area contributed by atoms with Crippen LogP contribution in [0.5, 0.6) is 5.75 Å². The van der Waals surface area contributed by atoms with Crippen molar-refractivity contribution in [2.45, 2.75) is 12.8 Å². The number of hydrogen-bond acceptors (Lipinski definition) is 7. The predicted octanol–water partition coefficient (Wildman–Crippen LogP) is 1.51.